The molecule has 0 saturated carbocycles. The van der Waals surface area contributed by atoms with Crippen molar-refractivity contribution < 1.29 is 5.11 Å². The number of fused-ring (bicyclic) bond motifs is 1. The molecular formula is C13H18N4O. The molecule has 0 radical (unpaired) electrons. The average Bonchev–Trinajstić information content (AvgIpc) is 2.74. The third kappa shape index (κ3) is 2.06. The van der Waals surface area contributed by atoms with Crippen molar-refractivity contribution in [2.75, 3.05) is 18.0 Å². The van der Waals surface area contributed by atoms with Crippen LogP contribution in [0.1, 0.15) is 26.2 Å². The zero-order valence-corrected chi connectivity index (χ0v) is 10.6. The molecule has 5 nitrogen and oxygen atoms in total. The molecular weight excluding hydrogens is 228 g/mol. The molecule has 0 aliphatic carbocycles. The Hall–Kier alpha value is -1.62. The maximum atomic E-state index is 10.1. The molecule has 1 aliphatic rings. The van der Waals surface area contributed by atoms with Gasteiger partial charge < -0.3 is 10.0 Å². The maximum absolute atomic E-state index is 10.1. The maximum Gasteiger partial charge on any atom is 0.136 e. The van der Waals surface area contributed by atoms with E-state index in [0.29, 0.717) is 0 Å². The molecule has 0 amide bonds. The van der Waals surface area contributed by atoms with E-state index in [1.807, 2.05) is 19.1 Å². The van der Waals surface area contributed by atoms with E-state index in [2.05, 4.69) is 26.4 Å². The molecule has 5 heteroatoms. The van der Waals surface area contributed by atoms with Crippen LogP contribution >= 0.6 is 0 Å². The topological polar surface area (TPSA) is 65.0 Å². The van der Waals surface area contributed by atoms with Crippen molar-refractivity contribution in [3.05, 3.63) is 18.2 Å². The number of H-pyrrole nitrogens is 1. The van der Waals surface area contributed by atoms with Crippen LogP contribution in [0.4, 0.5) is 5.69 Å². The first kappa shape index (κ1) is 11.5. The minimum atomic E-state index is -0.535. The lowest BCUT2D eigenvalue weighted by atomic mass is 9.98. The highest BCUT2D eigenvalue weighted by Crippen LogP contribution is 2.28. The van der Waals surface area contributed by atoms with E-state index in [1.54, 1.807) is 0 Å². The molecule has 1 unspecified atom stereocenters. The monoisotopic (exact) mass is 246 g/mol. The summed E-state index contributed by atoms with van der Waals surface area (Å²) in [6, 6.07) is 6.07. The molecule has 18 heavy (non-hydrogen) atoms. The molecule has 96 valence electrons. The van der Waals surface area contributed by atoms with Crippen LogP contribution in [0, 0.1) is 0 Å². The number of aromatic nitrogens is 3. The molecule has 1 aliphatic heterocycles. The summed E-state index contributed by atoms with van der Waals surface area (Å²) in [5, 5.41) is 21.0. The van der Waals surface area contributed by atoms with Crippen molar-refractivity contribution in [2.45, 2.75) is 31.8 Å². The smallest absolute Gasteiger partial charge is 0.136 e. The fraction of sp³-hybridized carbons (Fsp3) is 0.538. The van der Waals surface area contributed by atoms with E-state index in [4.69, 9.17) is 0 Å². The van der Waals surface area contributed by atoms with E-state index in [0.717, 1.165) is 49.1 Å². The number of anilines is 1. The number of rotatable bonds is 1. The minimum Gasteiger partial charge on any atom is -0.390 e. The Kier molecular flexibility index (Phi) is 2.70. The number of hydrogen-bond acceptors (Lipinski definition) is 4. The quantitative estimate of drug-likeness (QED) is 0.803. The molecule has 3 rings (SSSR count). The van der Waals surface area contributed by atoms with Gasteiger partial charge in [-0.2, -0.15) is 0 Å². The van der Waals surface area contributed by atoms with Crippen LogP contribution in [-0.2, 0) is 0 Å². The zero-order chi connectivity index (χ0) is 12.6. The number of benzene rings is 1. The predicted octanol–water partition coefficient (Wildman–Crippen LogP) is 1.70. The lowest BCUT2D eigenvalue weighted by Crippen LogP contribution is -2.28. The molecule has 2 aromatic rings. The van der Waals surface area contributed by atoms with Gasteiger partial charge in [-0.3, -0.25) is 5.10 Å². The fourth-order valence-electron chi connectivity index (χ4n) is 2.61. The Bertz CT molecular complexity index is 549. The summed E-state index contributed by atoms with van der Waals surface area (Å²) in [6.07, 6.45) is 2.65. The lowest BCUT2D eigenvalue weighted by molar-refractivity contribution is 0.0481. The van der Waals surface area contributed by atoms with Crippen molar-refractivity contribution in [1.82, 2.24) is 15.4 Å². The van der Waals surface area contributed by atoms with E-state index in [1.165, 1.54) is 0 Å². The first-order valence-electron chi connectivity index (χ1n) is 6.43. The van der Waals surface area contributed by atoms with Gasteiger partial charge in [0.1, 0.15) is 5.52 Å². The summed E-state index contributed by atoms with van der Waals surface area (Å²) < 4.78 is 0. The Morgan fingerprint density at radius 3 is 3.11 bits per heavy atom. The summed E-state index contributed by atoms with van der Waals surface area (Å²) in [6.45, 7) is 3.74. The van der Waals surface area contributed by atoms with E-state index in [-0.39, 0.29) is 0 Å². The van der Waals surface area contributed by atoms with Gasteiger partial charge in [0.2, 0.25) is 0 Å². The summed E-state index contributed by atoms with van der Waals surface area (Å²) in [7, 11) is 0. The van der Waals surface area contributed by atoms with Crippen molar-refractivity contribution in [1.29, 1.82) is 0 Å². The van der Waals surface area contributed by atoms with Crippen LogP contribution in [0.15, 0.2) is 18.2 Å². The van der Waals surface area contributed by atoms with Gasteiger partial charge in [-0.25, -0.2) is 0 Å². The third-order valence-electron chi connectivity index (χ3n) is 3.74. The van der Waals surface area contributed by atoms with Gasteiger partial charge in [0.05, 0.1) is 16.8 Å². The van der Waals surface area contributed by atoms with E-state index < -0.39 is 5.60 Å². The van der Waals surface area contributed by atoms with Crippen molar-refractivity contribution in [3.63, 3.8) is 0 Å². The van der Waals surface area contributed by atoms with Crippen molar-refractivity contribution in [2.24, 2.45) is 0 Å². The first-order valence-corrected chi connectivity index (χ1v) is 6.43. The highest BCUT2D eigenvalue weighted by Gasteiger charge is 2.25. The third-order valence-corrected chi connectivity index (χ3v) is 3.74. The van der Waals surface area contributed by atoms with Crippen LogP contribution in [-0.4, -0.2) is 39.2 Å². The molecule has 1 aromatic heterocycles. The Labute approximate surface area is 106 Å². The van der Waals surface area contributed by atoms with E-state index >= 15 is 0 Å². The number of aromatic amines is 1. The Morgan fingerprint density at radius 2 is 2.22 bits per heavy atom. The molecule has 2 N–H and O–H groups in total. The van der Waals surface area contributed by atoms with Gasteiger partial charge in [-0.05, 0) is 38.3 Å². The van der Waals surface area contributed by atoms with Crippen molar-refractivity contribution in [3.8, 4) is 0 Å². The lowest BCUT2D eigenvalue weighted by Gasteiger charge is -2.24. The van der Waals surface area contributed by atoms with Gasteiger partial charge in [-0.15, -0.1) is 5.10 Å². The van der Waals surface area contributed by atoms with Crippen LogP contribution < -0.4 is 4.90 Å². The summed E-state index contributed by atoms with van der Waals surface area (Å²) in [5.41, 5.74) is 2.45. The normalized spacial score (nSPS) is 25.3. The van der Waals surface area contributed by atoms with E-state index in [9.17, 15) is 5.11 Å². The second kappa shape index (κ2) is 4.24. The molecule has 1 fully saturated rings. The van der Waals surface area contributed by atoms with Crippen LogP contribution in [0.3, 0.4) is 0 Å². The predicted molar refractivity (Wildman–Crippen MR) is 70.6 cm³/mol. The zero-order valence-electron chi connectivity index (χ0n) is 10.6. The highest BCUT2D eigenvalue weighted by molar-refractivity contribution is 5.87. The van der Waals surface area contributed by atoms with Crippen molar-refractivity contribution >= 4 is 16.7 Å². The van der Waals surface area contributed by atoms with Crippen LogP contribution in [0.2, 0.25) is 0 Å². The number of aliphatic hydroxyl groups is 1. The number of nitrogens with zero attached hydrogens (tertiary/aromatic N) is 3. The summed E-state index contributed by atoms with van der Waals surface area (Å²) in [4.78, 5) is 2.30. The summed E-state index contributed by atoms with van der Waals surface area (Å²) >= 11 is 0. The van der Waals surface area contributed by atoms with Crippen LogP contribution in [0.5, 0.6) is 0 Å². The molecule has 0 bridgehead atoms. The molecule has 2 heterocycles. The fourth-order valence-corrected chi connectivity index (χ4v) is 2.61. The molecule has 0 spiro atoms. The highest BCUT2D eigenvalue weighted by atomic mass is 16.3. The average molecular weight is 246 g/mol. The molecule has 1 atom stereocenters. The SMILES string of the molecule is CC1(O)CCCN(c2cccc3[nH]nnc23)CC1. The summed E-state index contributed by atoms with van der Waals surface area (Å²) in [5.74, 6) is 0. The van der Waals surface area contributed by atoms with Gasteiger partial charge >= 0.3 is 0 Å². The Balaban J connectivity index is 1.92. The minimum absolute atomic E-state index is 0.535. The standard InChI is InChI=1S/C13H18N4O/c1-13(18)6-3-8-17(9-7-13)11-5-2-4-10-12(11)15-16-14-10/h2,4-5,18H,3,6-9H2,1H3,(H,14,15,16). The molecule has 1 aromatic carbocycles. The first-order chi connectivity index (χ1) is 8.66. The van der Waals surface area contributed by atoms with Crippen LogP contribution in [0.25, 0.3) is 11.0 Å². The second-order valence-corrected chi connectivity index (χ2v) is 5.32. The largest absolute Gasteiger partial charge is 0.390 e. The van der Waals surface area contributed by atoms with Gasteiger partial charge in [0.25, 0.3) is 0 Å². The Morgan fingerprint density at radius 1 is 1.33 bits per heavy atom. The van der Waals surface area contributed by atoms with Gasteiger partial charge in [0.15, 0.2) is 0 Å². The number of hydrogen-bond donors (Lipinski definition) is 2. The second-order valence-electron chi connectivity index (χ2n) is 5.32. The van der Waals surface area contributed by atoms with Gasteiger partial charge in [0, 0.05) is 13.1 Å². The molecule has 1 saturated heterocycles. The van der Waals surface area contributed by atoms with Gasteiger partial charge in [-0.1, -0.05) is 11.3 Å². The number of nitrogens with one attached hydrogen (secondary N) is 1.